The minimum Gasteiger partial charge on any atom is -0.495 e. The Labute approximate surface area is 200 Å². The summed E-state index contributed by atoms with van der Waals surface area (Å²) < 4.78 is 5.42. The van der Waals surface area contributed by atoms with E-state index in [0.29, 0.717) is 22.8 Å². The van der Waals surface area contributed by atoms with Crippen molar-refractivity contribution in [2.75, 3.05) is 37.4 Å². The molecule has 3 N–H and O–H groups in total. The highest BCUT2D eigenvalue weighted by Gasteiger charge is 2.27. The van der Waals surface area contributed by atoms with Gasteiger partial charge in [-0.1, -0.05) is 19.3 Å². The van der Waals surface area contributed by atoms with Crippen molar-refractivity contribution in [2.45, 2.75) is 51.5 Å². The normalized spacial score (nSPS) is 18.9. The number of carbonyl (C=O) groups is 2. The second-order valence-corrected chi connectivity index (χ2v) is 9.26. The monoisotopic (exact) mass is 466 g/mol. The fourth-order valence-corrected chi connectivity index (χ4v) is 4.78. The van der Waals surface area contributed by atoms with Gasteiger partial charge in [-0.3, -0.25) is 15.1 Å². The van der Waals surface area contributed by atoms with E-state index in [1.54, 1.807) is 24.4 Å². The number of methoxy groups -OCH3 is 1. The molecule has 34 heavy (non-hydrogen) atoms. The summed E-state index contributed by atoms with van der Waals surface area (Å²) in [6.45, 7) is 4.91. The van der Waals surface area contributed by atoms with Crippen molar-refractivity contribution in [2.24, 2.45) is 5.92 Å². The molecule has 0 radical (unpaired) electrons. The van der Waals surface area contributed by atoms with Crippen LogP contribution in [0.25, 0.3) is 0 Å². The van der Waals surface area contributed by atoms with Crippen LogP contribution < -0.4 is 20.7 Å². The zero-order valence-corrected chi connectivity index (χ0v) is 20.0. The van der Waals surface area contributed by atoms with E-state index in [1.807, 2.05) is 6.92 Å². The molecule has 0 unspecified atom stereocenters. The number of anilines is 2. The average Bonchev–Trinajstić information content (AvgIpc) is 3.27. The maximum absolute atomic E-state index is 12.9. The van der Waals surface area contributed by atoms with Gasteiger partial charge in [0.1, 0.15) is 5.75 Å². The van der Waals surface area contributed by atoms with Gasteiger partial charge < -0.3 is 20.3 Å². The van der Waals surface area contributed by atoms with Crippen molar-refractivity contribution in [3.05, 3.63) is 41.9 Å². The number of nitrogens with zero attached hydrogens (tertiary/aromatic N) is 3. The van der Waals surface area contributed by atoms with E-state index in [1.165, 1.54) is 45.4 Å². The van der Waals surface area contributed by atoms with E-state index in [0.717, 1.165) is 37.7 Å². The van der Waals surface area contributed by atoms with Crippen molar-refractivity contribution < 1.29 is 14.3 Å². The maximum Gasteiger partial charge on any atom is 0.324 e. The minimum atomic E-state index is -0.474. The molecular formula is C25H34N6O3. The quantitative estimate of drug-likeness (QED) is 0.572. The van der Waals surface area contributed by atoms with Gasteiger partial charge in [-0.2, -0.15) is 0 Å². The number of amides is 3. The summed E-state index contributed by atoms with van der Waals surface area (Å²) in [5.41, 5.74) is 1.71. The van der Waals surface area contributed by atoms with Crippen molar-refractivity contribution >= 4 is 23.4 Å². The summed E-state index contributed by atoms with van der Waals surface area (Å²) in [6.07, 6.45) is 10.8. The Hall–Kier alpha value is -3.20. The van der Waals surface area contributed by atoms with Crippen molar-refractivity contribution in [3.8, 4) is 5.75 Å². The molecule has 0 spiro atoms. The van der Waals surface area contributed by atoms with Gasteiger partial charge in [-0.25, -0.2) is 9.78 Å². The largest absolute Gasteiger partial charge is 0.495 e. The molecule has 2 aliphatic rings. The molecule has 1 aromatic carbocycles. The van der Waals surface area contributed by atoms with Gasteiger partial charge in [0.25, 0.3) is 5.91 Å². The van der Waals surface area contributed by atoms with Gasteiger partial charge in [0, 0.05) is 31.2 Å². The molecule has 9 nitrogen and oxygen atoms in total. The molecule has 1 aliphatic heterocycles. The van der Waals surface area contributed by atoms with Crippen LogP contribution in [0.5, 0.6) is 5.75 Å². The van der Waals surface area contributed by atoms with Gasteiger partial charge in [0.2, 0.25) is 0 Å². The first-order valence-electron chi connectivity index (χ1n) is 12.1. The molecule has 3 amide bonds. The van der Waals surface area contributed by atoms with E-state index < -0.39 is 6.03 Å². The van der Waals surface area contributed by atoms with Gasteiger partial charge >= 0.3 is 6.03 Å². The summed E-state index contributed by atoms with van der Waals surface area (Å²) in [7, 11) is 1.51. The SMILES string of the molecule is COc1cc(C(=O)N[C@H]2CCN(CC3CCCCC3)C2)ccc1NC(=O)Nc1cnc(C)cn1. The molecule has 1 aliphatic carbocycles. The van der Waals surface area contributed by atoms with Gasteiger partial charge in [-0.05, 0) is 50.3 Å². The number of hydrogen-bond donors (Lipinski definition) is 3. The first-order valence-corrected chi connectivity index (χ1v) is 12.1. The van der Waals surface area contributed by atoms with Crippen molar-refractivity contribution in [3.63, 3.8) is 0 Å². The summed E-state index contributed by atoms with van der Waals surface area (Å²) in [4.78, 5) is 35.9. The molecule has 1 saturated heterocycles. The Kier molecular flexibility index (Phi) is 7.95. The van der Waals surface area contributed by atoms with E-state index in [2.05, 4.69) is 30.8 Å². The van der Waals surface area contributed by atoms with Gasteiger partial charge in [0.05, 0.1) is 30.9 Å². The minimum absolute atomic E-state index is 0.131. The lowest BCUT2D eigenvalue weighted by atomic mass is 9.89. The standard InChI is InChI=1S/C25H34N6O3/c1-17-13-27-23(14-26-17)30-25(33)29-21-9-8-19(12-22(21)34-2)24(32)28-20-10-11-31(16-20)15-18-6-4-3-5-7-18/h8-9,12-14,18,20H,3-7,10-11,15-16H2,1-2H3,(H,28,32)(H2,27,29,30,33)/t20-/m0/s1. The number of urea groups is 1. The van der Waals surface area contributed by atoms with Crippen LogP contribution in [0.3, 0.4) is 0 Å². The number of rotatable bonds is 7. The van der Waals surface area contributed by atoms with Gasteiger partial charge in [0.15, 0.2) is 5.82 Å². The van der Waals surface area contributed by atoms with Crippen LogP contribution in [0.1, 0.15) is 54.6 Å². The number of carbonyl (C=O) groups excluding carboxylic acids is 2. The van der Waals surface area contributed by atoms with Crippen LogP contribution >= 0.6 is 0 Å². The molecule has 182 valence electrons. The molecule has 0 bridgehead atoms. The van der Waals surface area contributed by atoms with Crippen LogP contribution in [-0.4, -0.2) is 59.6 Å². The Morgan fingerprint density at radius 1 is 1.09 bits per heavy atom. The Morgan fingerprint density at radius 3 is 2.65 bits per heavy atom. The lowest BCUT2D eigenvalue weighted by Crippen LogP contribution is -2.38. The highest BCUT2D eigenvalue weighted by Crippen LogP contribution is 2.27. The zero-order chi connectivity index (χ0) is 23.9. The number of ether oxygens (including phenoxy) is 1. The lowest BCUT2D eigenvalue weighted by Gasteiger charge is -2.26. The molecule has 1 atom stereocenters. The topological polar surface area (TPSA) is 108 Å². The third-order valence-corrected chi connectivity index (χ3v) is 6.58. The predicted octanol–water partition coefficient (Wildman–Crippen LogP) is 3.82. The number of aromatic nitrogens is 2. The summed E-state index contributed by atoms with van der Waals surface area (Å²) >= 11 is 0. The van der Waals surface area contributed by atoms with Crippen LogP contribution in [0.2, 0.25) is 0 Å². The maximum atomic E-state index is 12.9. The second kappa shape index (κ2) is 11.3. The van der Waals surface area contributed by atoms with Crippen LogP contribution in [-0.2, 0) is 0 Å². The average molecular weight is 467 g/mol. The first kappa shape index (κ1) is 23.9. The van der Waals surface area contributed by atoms with Crippen molar-refractivity contribution in [1.82, 2.24) is 20.2 Å². The third-order valence-electron chi connectivity index (χ3n) is 6.58. The fourth-order valence-electron chi connectivity index (χ4n) is 4.78. The molecule has 9 heteroatoms. The Morgan fingerprint density at radius 2 is 1.91 bits per heavy atom. The summed E-state index contributed by atoms with van der Waals surface area (Å²) in [5, 5.41) is 8.51. The van der Waals surface area contributed by atoms with E-state index >= 15 is 0 Å². The molecule has 2 fully saturated rings. The molecule has 2 heterocycles. The molecule has 1 aromatic heterocycles. The molecule has 2 aromatic rings. The van der Waals surface area contributed by atoms with Crippen LogP contribution in [0.4, 0.5) is 16.3 Å². The molecule has 1 saturated carbocycles. The molecular weight excluding hydrogens is 432 g/mol. The highest BCUT2D eigenvalue weighted by molar-refractivity contribution is 6.01. The van der Waals surface area contributed by atoms with Gasteiger partial charge in [-0.15, -0.1) is 0 Å². The number of likely N-dealkylation sites (tertiary alicyclic amines) is 1. The number of hydrogen-bond acceptors (Lipinski definition) is 6. The van der Waals surface area contributed by atoms with Crippen LogP contribution in [0.15, 0.2) is 30.6 Å². The zero-order valence-electron chi connectivity index (χ0n) is 20.0. The highest BCUT2D eigenvalue weighted by atomic mass is 16.5. The first-order chi connectivity index (χ1) is 16.5. The summed E-state index contributed by atoms with van der Waals surface area (Å²) in [5.74, 6) is 1.42. The number of nitrogens with one attached hydrogen (secondary N) is 3. The summed E-state index contributed by atoms with van der Waals surface area (Å²) in [6, 6.07) is 4.68. The number of aryl methyl sites for hydroxylation is 1. The Bertz CT molecular complexity index is 991. The fraction of sp³-hybridized carbons (Fsp3) is 0.520. The van der Waals surface area contributed by atoms with Crippen molar-refractivity contribution in [1.29, 1.82) is 0 Å². The van der Waals surface area contributed by atoms with Crippen LogP contribution in [0, 0.1) is 12.8 Å². The lowest BCUT2D eigenvalue weighted by molar-refractivity contribution is 0.0936. The number of benzene rings is 1. The third kappa shape index (κ3) is 6.44. The predicted molar refractivity (Wildman–Crippen MR) is 131 cm³/mol. The smallest absolute Gasteiger partial charge is 0.324 e. The van der Waals surface area contributed by atoms with E-state index in [9.17, 15) is 9.59 Å². The molecule has 4 rings (SSSR count). The van der Waals surface area contributed by atoms with E-state index in [-0.39, 0.29) is 11.9 Å². The van der Waals surface area contributed by atoms with E-state index in [4.69, 9.17) is 4.74 Å². The Balaban J connectivity index is 1.30. The second-order valence-electron chi connectivity index (χ2n) is 9.26.